The lowest BCUT2D eigenvalue weighted by Gasteiger charge is -2.24. The van der Waals surface area contributed by atoms with Crippen LogP contribution in [0.3, 0.4) is 0 Å². The van der Waals surface area contributed by atoms with E-state index < -0.39 is 0 Å². The van der Waals surface area contributed by atoms with Crippen molar-refractivity contribution in [2.24, 2.45) is 11.3 Å². The molecule has 3 unspecified atom stereocenters. The molecule has 0 aromatic carbocycles. The Balaban J connectivity index is 1.57. The van der Waals surface area contributed by atoms with Gasteiger partial charge in [0.25, 0.3) is 0 Å². The molecule has 3 atom stereocenters. The summed E-state index contributed by atoms with van der Waals surface area (Å²) in [7, 11) is 0. The van der Waals surface area contributed by atoms with Crippen molar-refractivity contribution >= 4 is 11.3 Å². The van der Waals surface area contributed by atoms with Crippen LogP contribution < -0.4 is 10.6 Å². The van der Waals surface area contributed by atoms with E-state index in [0.717, 1.165) is 78.8 Å². The number of rotatable bonds is 13. The van der Waals surface area contributed by atoms with Crippen molar-refractivity contribution in [1.29, 1.82) is 0 Å². The van der Waals surface area contributed by atoms with Gasteiger partial charge in [-0.2, -0.15) is 10.2 Å². The molecule has 192 valence electrons. The lowest BCUT2D eigenvalue weighted by molar-refractivity contribution is 0.448. The predicted molar refractivity (Wildman–Crippen MR) is 147 cm³/mol. The highest BCUT2D eigenvalue weighted by Gasteiger charge is 2.35. The summed E-state index contributed by atoms with van der Waals surface area (Å²) in [5.74, 6) is 0.720. The highest BCUT2D eigenvalue weighted by atomic mass is 15.3. The Morgan fingerprint density at radius 2 is 2.11 bits per heavy atom. The Labute approximate surface area is 215 Å². The van der Waals surface area contributed by atoms with E-state index in [1.54, 1.807) is 0 Å². The molecule has 1 fully saturated rings. The summed E-state index contributed by atoms with van der Waals surface area (Å²) in [4.78, 5) is 4.96. The topological polar surface area (TPSA) is 72.1 Å². The molecule has 36 heavy (non-hydrogen) atoms. The molecule has 7 nitrogen and oxygen atoms in total. The lowest BCUT2D eigenvalue weighted by Crippen LogP contribution is -2.22. The number of nitrogens with one attached hydrogen (secondary N) is 2. The number of hydrogen-bond donors (Lipinski definition) is 2. The van der Waals surface area contributed by atoms with Crippen molar-refractivity contribution in [3.05, 3.63) is 79.2 Å². The largest absolute Gasteiger partial charge is 0.388 e. The maximum absolute atomic E-state index is 4.96. The molecule has 0 saturated carbocycles. The van der Waals surface area contributed by atoms with Gasteiger partial charge >= 0.3 is 0 Å². The predicted octanol–water partition coefficient (Wildman–Crippen LogP) is 5.69. The number of imidazole rings is 1. The second-order valence-electron chi connectivity index (χ2n) is 10.1. The highest BCUT2D eigenvalue weighted by molar-refractivity contribution is 5.59. The van der Waals surface area contributed by atoms with Crippen LogP contribution in [-0.2, 0) is 13.0 Å². The first kappa shape index (κ1) is 25.7. The first-order valence-corrected chi connectivity index (χ1v) is 13.3. The summed E-state index contributed by atoms with van der Waals surface area (Å²) in [6.45, 7) is 21.0. The van der Waals surface area contributed by atoms with E-state index in [1.807, 2.05) is 27.5 Å². The summed E-state index contributed by atoms with van der Waals surface area (Å²) < 4.78 is 3.87. The van der Waals surface area contributed by atoms with Crippen LogP contribution in [0.25, 0.3) is 11.3 Å². The number of nitrogens with zero attached hydrogens (tertiary/aromatic N) is 5. The molecule has 0 radical (unpaired) electrons. The molecule has 2 N–H and O–H groups in total. The van der Waals surface area contributed by atoms with Gasteiger partial charge in [0.2, 0.25) is 0 Å². The fraction of sp³-hybridized carbons (Fsp3) is 0.483. The molecule has 1 aliphatic rings. The van der Waals surface area contributed by atoms with E-state index in [0.29, 0.717) is 0 Å². The van der Waals surface area contributed by atoms with E-state index in [-0.39, 0.29) is 11.5 Å². The first-order chi connectivity index (χ1) is 17.4. The summed E-state index contributed by atoms with van der Waals surface area (Å²) in [6.07, 6.45) is 12.2. The van der Waals surface area contributed by atoms with Gasteiger partial charge < -0.3 is 10.6 Å². The Hall–Kier alpha value is -3.35. The fourth-order valence-electron chi connectivity index (χ4n) is 5.08. The number of fused-ring (bicyclic) bond motifs is 1. The Bertz CT molecular complexity index is 1220. The van der Waals surface area contributed by atoms with Gasteiger partial charge in [0, 0.05) is 36.8 Å². The van der Waals surface area contributed by atoms with Crippen LogP contribution in [0.1, 0.15) is 76.0 Å². The van der Waals surface area contributed by atoms with Gasteiger partial charge in [0.05, 0.1) is 35.0 Å². The lowest BCUT2D eigenvalue weighted by atomic mass is 9.80. The van der Waals surface area contributed by atoms with Gasteiger partial charge in [-0.15, -0.1) is 6.58 Å². The number of aromatic nitrogens is 5. The molecule has 1 saturated heterocycles. The van der Waals surface area contributed by atoms with Crippen molar-refractivity contribution in [2.75, 3.05) is 6.54 Å². The van der Waals surface area contributed by atoms with Gasteiger partial charge in [0.1, 0.15) is 0 Å². The van der Waals surface area contributed by atoms with Crippen molar-refractivity contribution < 1.29 is 0 Å². The Kier molecular flexibility index (Phi) is 7.97. The normalized spacial score (nSPS) is 19.2. The molecule has 4 rings (SSSR count). The molecular weight excluding hydrogens is 446 g/mol. The molecule has 4 heterocycles. The number of allylic oxidation sites excluding steroid dienone is 1. The summed E-state index contributed by atoms with van der Waals surface area (Å²) in [6, 6.07) is 6.19. The Morgan fingerprint density at radius 1 is 1.28 bits per heavy atom. The third-order valence-corrected chi connectivity index (χ3v) is 7.71. The summed E-state index contributed by atoms with van der Waals surface area (Å²) >= 11 is 0. The third-order valence-electron chi connectivity index (χ3n) is 7.71. The summed E-state index contributed by atoms with van der Waals surface area (Å²) in [5.41, 5.74) is 5.60. The molecule has 0 aliphatic carbocycles. The van der Waals surface area contributed by atoms with Crippen molar-refractivity contribution in [3.63, 3.8) is 0 Å². The zero-order valence-electron chi connectivity index (χ0n) is 22.1. The van der Waals surface area contributed by atoms with Crippen LogP contribution >= 0.6 is 0 Å². The average molecular weight is 488 g/mol. The van der Waals surface area contributed by atoms with Gasteiger partial charge in [-0.3, -0.25) is 4.68 Å². The molecule has 3 aromatic heterocycles. The molecule has 0 spiro atoms. The fourth-order valence-corrected chi connectivity index (χ4v) is 5.08. The standard InChI is InChI=1S/C29H41N7/c1-7-21(4)11-10-12-25(32-22(5)27-15-17-31-35(27)9-3)26-20-36-28(33-26)14-13-24(34-36)19-29(8-2)16-18-30-23(29)6/h8,13-15,17,20-21,25,30,32H,2,5-7,9-12,16,18-19H2,1,3-4H3. The Morgan fingerprint density at radius 3 is 2.81 bits per heavy atom. The first-order valence-electron chi connectivity index (χ1n) is 13.3. The number of aryl methyl sites for hydroxylation is 1. The third kappa shape index (κ3) is 5.40. The zero-order chi connectivity index (χ0) is 25.7. The van der Waals surface area contributed by atoms with E-state index in [4.69, 9.17) is 10.1 Å². The minimum absolute atomic E-state index is 0.0465. The maximum atomic E-state index is 4.96. The minimum atomic E-state index is -0.149. The molecular formula is C29H41N7. The van der Waals surface area contributed by atoms with Crippen LogP contribution in [0, 0.1) is 11.3 Å². The SMILES string of the molecule is C=CC1(Cc2ccc3nc(C(CCCC(C)CC)NC(=C)c4ccnn4CC)cn3n2)CCNC1=C. The molecule has 1 aliphatic heterocycles. The minimum Gasteiger partial charge on any atom is -0.388 e. The van der Waals surface area contributed by atoms with Crippen LogP contribution in [0.15, 0.2) is 62.1 Å². The second-order valence-corrected chi connectivity index (χ2v) is 10.1. The van der Waals surface area contributed by atoms with Crippen LogP contribution in [0.5, 0.6) is 0 Å². The van der Waals surface area contributed by atoms with Crippen molar-refractivity contribution in [1.82, 2.24) is 35.0 Å². The van der Waals surface area contributed by atoms with Crippen LogP contribution in [0.4, 0.5) is 0 Å². The molecule has 0 amide bonds. The van der Waals surface area contributed by atoms with E-state index >= 15 is 0 Å². The van der Waals surface area contributed by atoms with E-state index in [9.17, 15) is 0 Å². The van der Waals surface area contributed by atoms with Gasteiger partial charge in [-0.05, 0) is 43.9 Å². The van der Waals surface area contributed by atoms with Gasteiger partial charge in [-0.25, -0.2) is 9.50 Å². The average Bonchev–Trinajstić information content (AvgIpc) is 3.61. The second kappa shape index (κ2) is 11.1. The quantitative estimate of drug-likeness (QED) is 0.303. The molecule has 0 bridgehead atoms. The monoisotopic (exact) mass is 487 g/mol. The molecule has 3 aromatic rings. The van der Waals surface area contributed by atoms with Gasteiger partial charge in [0.15, 0.2) is 5.65 Å². The van der Waals surface area contributed by atoms with E-state index in [1.165, 1.54) is 12.8 Å². The van der Waals surface area contributed by atoms with Crippen LogP contribution in [-0.4, -0.2) is 30.9 Å². The van der Waals surface area contributed by atoms with Crippen molar-refractivity contribution in [3.8, 4) is 0 Å². The summed E-state index contributed by atoms with van der Waals surface area (Å²) in [5, 5.41) is 16.4. The maximum Gasteiger partial charge on any atom is 0.153 e. The molecule has 7 heteroatoms. The van der Waals surface area contributed by atoms with Gasteiger partial charge in [-0.1, -0.05) is 52.3 Å². The smallest absolute Gasteiger partial charge is 0.153 e. The number of hydrogen-bond acceptors (Lipinski definition) is 5. The van der Waals surface area contributed by atoms with E-state index in [2.05, 4.69) is 74.6 Å². The zero-order valence-corrected chi connectivity index (χ0v) is 22.1. The van der Waals surface area contributed by atoms with Crippen LogP contribution in [0.2, 0.25) is 0 Å². The highest BCUT2D eigenvalue weighted by Crippen LogP contribution is 2.37. The van der Waals surface area contributed by atoms with Crippen molar-refractivity contribution in [2.45, 2.75) is 71.9 Å².